The Kier molecular flexibility index (Phi) is 3.79. The Bertz CT molecular complexity index is 295. The van der Waals surface area contributed by atoms with Gasteiger partial charge in [0.05, 0.1) is 6.61 Å². The molecule has 76 valence electrons. The summed E-state index contributed by atoms with van der Waals surface area (Å²) in [7, 11) is 0. The van der Waals surface area contributed by atoms with Crippen LogP contribution in [0, 0.1) is 5.41 Å². The van der Waals surface area contributed by atoms with Crippen LogP contribution in [0.3, 0.4) is 0 Å². The highest BCUT2D eigenvalue weighted by atomic mass is 16.6. The highest BCUT2D eigenvalue weighted by Gasteiger charge is 1.92. The zero-order valence-corrected chi connectivity index (χ0v) is 7.95. The minimum Gasteiger partial charge on any atom is -0.596 e. The molecule has 0 radical (unpaired) electrons. The molecule has 0 aliphatic carbocycles. The molecule has 0 aliphatic heterocycles. The number of hydrogen-bond acceptors (Lipinski definition) is 4. The lowest BCUT2D eigenvalue weighted by atomic mass is 10.2. The third-order valence-electron chi connectivity index (χ3n) is 1.60. The summed E-state index contributed by atoms with van der Waals surface area (Å²) >= 11 is 0. The Labute approximate surface area is 82.6 Å². The molecular weight excluding hydrogens is 182 g/mol. The van der Waals surface area contributed by atoms with Crippen LogP contribution in [0.2, 0.25) is 0 Å². The average molecular weight is 194 g/mol. The van der Waals surface area contributed by atoms with Crippen molar-refractivity contribution in [3.05, 3.63) is 29.8 Å². The second-order valence-corrected chi connectivity index (χ2v) is 2.65. The van der Waals surface area contributed by atoms with E-state index in [1.807, 2.05) is 6.92 Å². The SMILES string of the molecule is CCOc1ccc(COC(=N)[O-])cc1. The van der Waals surface area contributed by atoms with E-state index in [0.29, 0.717) is 6.61 Å². The van der Waals surface area contributed by atoms with Crippen molar-refractivity contribution in [3.8, 4) is 5.75 Å². The van der Waals surface area contributed by atoms with Gasteiger partial charge in [0.1, 0.15) is 11.8 Å². The average Bonchev–Trinajstić information content (AvgIpc) is 2.17. The molecule has 0 saturated heterocycles. The highest BCUT2D eigenvalue weighted by Crippen LogP contribution is 2.12. The number of benzene rings is 1. The van der Waals surface area contributed by atoms with Crippen LogP contribution in [0.25, 0.3) is 0 Å². The van der Waals surface area contributed by atoms with Crippen LogP contribution in [-0.4, -0.2) is 12.7 Å². The van der Waals surface area contributed by atoms with Crippen LogP contribution in [0.1, 0.15) is 12.5 Å². The number of rotatable bonds is 4. The summed E-state index contributed by atoms with van der Waals surface area (Å²) in [6.45, 7) is 2.67. The lowest BCUT2D eigenvalue weighted by molar-refractivity contribution is -0.253. The lowest BCUT2D eigenvalue weighted by Gasteiger charge is -2.12. The van der Waals surface area contributed by atoms with Crippen LogP contribution in [0.15, 0.2) is 24.3 Å². The fraction of sp³-hybridized carbons (Fsp3) is 0.300. The molecule has 1 rings (SSSR count). The van der Waals surface area contributed by atoms with E-state index >= 15 is 0 Å². The van der Waals surface area contributed by atoms with Gasteiger partial charge >= 0.3 is 0 Å². The van der Waals surface area contributed by atoms with Crippen molar-refractivity contribution in [3.63, 3.8) is 0 Å². The molecule has 0 unspecified atom stereocenters. The highest BCUT2D eigenvalue weighted by molar-refractivity contribution is 5.57. The van der Waals surface area contributed by atoms with Crippen molar-refractivity contribution < 1.29 is 14.6 Å². The summed E-state index contributed by atoms with van der Waals surface area (Å²) in [5.41, 5.74) is 0.842. The van der Waals surface area contributed by atoms with Crippen molar-refractivity contribution in [1.82, 2.24) is 0 Å². The summed E-state index contributed by atoms with van der Waals surface area (Å²) < 4.78 is 9.76. The molecule has 0 saturated carbocycles. The third kappa shape index (κ3) is 3.35. The van der Waals surface area contributed by atoms with E-state index < -0.39 is 6.08 Å². The van der Waals surface area contributed by atoms with Crippen LogP contribution < -0.4 is 9.84 Å². The van der Waals surface area contributed by atoms with Gasteiger partial charge in [-0.15, -0.1) is 0 Å². The maximum Gasteiger partial charge on any atom is 0.142 e. The van der Waals surface area contributed by atoms with E-state index in [4.69, 9.17) is 10.1 Å². The summed E-state index contributed by atoms with van der Waals surface area (Å²) in [6, 6.07) is 7.20. The van der Waals surface area contributed by atoms with E-state index in [0.717, 1.165) is 11.3 Å². The Hall–Kier alpha value is -1.71. The molecule has 0 heterocycles. The van der Waals surface area contributed by atoms with Crippen LogP contribution in [0.4, 0.5) is 0 Å². The van der Waals surface area contributed by atoms with Crippen molar-refractivity contribution in [2.45, 2.75) is 13.5 Å². The van der Waals surface area contributed by atoms with Crippen molar-refractivity contribution in [2.75, 3.05) is 6.61 Å². The molecule has 0 aliphatic rings. The molecule has 4 nitrogen and oxygen atoms in total. The van der Waals surface area contributed by atoms with Gasteiger partial charge in [-0.2, -0.15) is 0 Å². The van der Waals surface area contributed by atoms with E-state index in [9.17, 15) is 5.11 Å². The summed E-state index contributed by atoms with van der Waals surface area (Å²) in [5.74, 6) is 0.786. The van der Waals surface area contributed by atoms with Gasteiger partial charge in [0.2, 0.25) is 0 Å². The molecule has 0 aromatic heterocycles. The number of hydrogen-bond donors (Lipinski definition) is 1. The first kappa shape index (κ1) is 10.4. The fourth-order valence-corrected chi connectivity index (χ4v) is 0.997. The predicted octanol–water partition coefficient (Wildman–Crippen LogP) is 0.897. The van der Waals surface area contributed by atoms with E-state index in [1.165, 1.54) is 0 Å². The van der Waals surface area contributed by atoms with Gasteiger partial charge in [0.25, 0.3) is 0 Å². The molecular formula is C10H12NO3-. The Morgan fingerprint density at radius 1 is 1.36 bits per heavy atom. The first-order valence-electron chi connectivity index (χ1n) is 4.32. The van der Waals surface area contributed by atoms with E-state index in [-0.39, 0.29) is 6.61 Å². The Morgan fingerprint density at radius 2 is 2.00 bits per heavy atom. The molecule has 0 bridgehead atoms. The number of nitrogens with one attached hydrogen (secondary N) is 1. The lowest BCUT2D eigenvalue weighted by Crippen LogP contribution is -2.19. The quantitative estimate of drug-likeness (QED) is 0.572. The monoisotopic (exact) mass is 194 g/mol. The number of ether oxygens (including phenoxy) is 2. The molecule has 0 amide bonds. The van der Waals surface area contributed by atoms with E-state index in [1.54, 1.807) is 24.3 Å². The molecule has 1 aromatic rings. The first-order valence-corrected chi connectivity index (χ1v) is 4.32. The van der Waals surface area contributed by atoms with Crippen molar-refractivity contribution in [1.29, 1.82) is 5.41 Å². The smallest absolute Gasteiger partial charge is 0.142 e. The minimum atomic E-state index is -1.01. The Balaban J connectivity index is 2.50. The zero-order valence-electron chi connectivity index (χ0n) is 7.95. The third-order valence-corrected chi connectivity index (χ3v) is 1.60. The summed E-state index contributed by atoms with van der Waals surface area (Å²) in [5, 5.41) is 16.8. The maximum atomic E-state index is 10.2. The molecule has 0 atom stereocenters. The minimum absolute atomic E-state index is 0.134. The van der Waals surface area contributed by atoms with Crippen LogP contribution in [0.5, 0.6) is 5.75 Å². The maximum absolute atomic E-state index is 10.2. The molecule has 1 N–H and O–H groups in total. The van der Waals surface area contributed by atoms with Gasteiger partial charge in [-0.05, 0) is 24.6 Å². The van der Waals surface area contributed by atoms with Gasteiger partial charge < -0.3 is 14.6 Å². The Morgan fingerprint density at radius 3 is 2.50 bits per heavy atom. The van der Waals surface area contributed by atoms with Gasteiger partial charge in [-0.3, -0.25) is 5.41 Å². The second kappa shape index (κ2) is 5.11. The molecule has 0 spiro atoms. The molecule has 4 heteroatoms. The standard InChI is InChI=1S/C10H13NO3/c1-2-13-9-5-3-8(4-6-9)7-14-10(11)12/h3-6H,2,7H2,1H3,(H2,11,12)/p-1. The zero-order chi connectivity index (χ0) is 10.4. The van der Waals surface area contributed by atoms with Crippen molar-refractivity contribution >= 4 is 6.08 Å². The molecule has 0 fully saturated rings. The van der Waals surface area contributed by atoms with Crippen LogP contribution >= 0.6 is 0 Å². The topological polar surface area (TPSA) is 65.4 Å². The first-order chi connectivity index (χ1) is 6.72. The van der Waals surface area contributed by atoms with Gasteiger partial charge in [-0.1, -0.05) is 12.1 Å². The van der Waals surface area contributed by atoms with Gasteiger partial charge in [-0.25, -0.2) is 0 Å². The molecule has 1 aromatic carbocycles. The predicted molar refractivity (Wildman–Crippen MR) is 50.1 cm³/mol. The van der Waals surface area contributed by atoms with Gasteiger partial charge in [0.15, 0.2) is 0 Å². The second-order valence-electron chi connectivity index (χ2n) is 2.65. The van der Waals surface area contributed by atoms with E-state index in [2.05, 4.69) is 4.74 Å². The summed E-state index contributed by atoms with van der Waals surface area (Å²) in [4.78, 5) is 0. The molecule has 14 heavy (non-hydrogen) atoms. The fourth-order valence-electron chi connectivity index (χ4n) is 0.997. The van der Waals surface area contributed by atoms with Crippen molar-refractivity contribution in [2.24, 2.45) is 0 Å². The largest absolute Gasteiger partial charge is 0.596 e. The van der Waals surface area contributed by atoms with Gasteiger partial charge in [0, 0.05) is 6.61 Å². The normalized spacial score (nSPS) is 9.50. The summed E-state index contributed by atoms with van der Waals surface area (Å²) in [6.07, 6.45) is -1.01. The van der Waals surface area contributed by atoms with Crippen LogP contribution in [-0.2, 0) is 11.3 Å².